The van der Waals surface area contributed by atoms with Gasteiger partial charge >= 0.3 is 0 Å². The van der Waals surface area contributed by atoms with E-state index in [1.54, 1.807) is 19.1 Å². The molecule has 0 radical (unpaired) electrons. The first-order chi connectivity index (χ1) is 10.1. The van der Waals surface area contributed by atoms with Gasteiger partial charge in [0.15, 0.2) is 0 Å². The second-order valence-corrected chi connectivity index (χ2v) is 5.74. The maximum Gasteiger partial charge on any atom is 0.147 e. The molecule has 0 spiro atoms. The second kappa shape index (κ2) is 5.49. The van der Waals surface area contributed by atoms with Gasteiger partial charge in [-0.25, -0.2) is 4.39 Å². The fourth-order valence-corrected chi connectivity index (χ4v) is 3.11. The summed E-state index contributed by atoms with van der Waals surface area (Å²) in [6, 6.07) is 11.2. The molecule has 1 atom stereocenters. The Morgan fingerprint density at radius 2 is 2.05 bits per heavy atom. The molecule has 1 aliphatic rings. The van der Waals surface area contributed by atoms with Gasteiger partial charge in [0.2, 0.25) is 0 Å². The van der Waals surface area contributed by atoms with E-state index in [2.05, 4.69) is 25.1 Å². The maximum absolute atomic E-state index is 14.4. The molecule has 0 amide bonds. The van der Waals surface area contributed by atoms with Crippen molar-refractivity contribution in [2.75, 3.05) is 11.4 Å². The number of benzene rings is 2. The van der Waals surface area contributed by atoms with Gasteiger partial charge in [0.25, 0.3) is 0 Å². The Morgan fingerprint density at radius 3 is 2.81 bits per heavy atom. The first kappa shape index (κ1) is 14.1. The molecule has 1 unspecified atom stereocenters. The monoisotopic (exact) mass is 285 g/mol. The van der Waals surface area contributed by atoms with Crippen LogP contribution in [0.25, 0.3) is 0 Å². The van der Waals surface area contributed by atoms with Crippen molar-refractivity contribution >= 4 is 11.4 Å². The van der Waals surface area contributed by atoms with Crippen LogP contribution < -0.4 is 4.90 Å². The Kier molecular flexibility index (Phi) is 3.68. The van der Waals surface area contributed by atoms with Gasteiger partial charge in [-0.1, -0.05) is 29.8 Å². The molecule has 3 rings (SSSR count). The predicted octanol–water partition coefficient (Wildman–Crippen LogP) is 4.27. The fraction of sp³-hybridized carbons (Fsp3) is 0.333. The summed E-state index contributed by atoms with van der Waals surface area (Å²) in [4.78, 5) is 2.01. The number of hydrogen-bond donors (Lipinski definition) is 1. The average molecular weight is 285 g/mol. The third-order valence-corrected chi connectivity index (χ3v) is 4.09. The first-order valence-electron chi connectivity index (χ1n) is 7.41. The molecule has 0 bridgehead atoms. The van der Waals surface area contributed by atoms with E-state index in [-0.39, 0.29) is 5.82 Å². The summed E-state index contributed by atoms with van der Waals surface area (Å²) in [6.45, 7) is 4.53. The van der Waals surface area contributed by atoms with Gasteiger partial charge in [-0.2, -0.15) is 0 Å². The Morgan fingerprint density at radius 1 is 1.24 bits per heavy atom. The van der Waals surface area contributed by atoms with Crippen LogP contribution in [0, 0.1) is 12.7 Å². The quantitative estimate of drug-likeness (QED) is 0.890. The fourth-order valence-electron chi connectivity index (χ4n) is 3.11. The van der Waals surface area contributed by atoms with Crippen LogP contribution in [0.4, 0.5) is 15.8 Å². The molecule has 1 heterocycles. The molecule has 0 fully saturated rings. The number of para-hydroxylation sites is 1. The van der Waals surface area contributed by atoms with Gasteiger partial charge in [0.05, 0.1) is 11.8 Å². The highest BCUT2D eigenvalue weighted by Crippen LogP contribution is 2.39. The van der Waals surface area contributed by atoms with E-state index < -0.39 is 6.10 Å². The van der Waals surface area contributed by atoms with Gasteiger partial charge in [-0.05, 0) is 44.4 Å². The topological polar surface area (TPSA) is 23.5 Å². The first-order valence-corrected chi connectivity index (χ1v) is 7.41. The van der Waals surface area contributed by atoms with E-state index in [0.717, 1.165) is 25.1 Å². The summed E-state index contributed by atoms with van der Waals surface area (Å²) in [7, 11) is 0. The van der Waals surface area contributed by atoms with Crippen molar-refractivity contribution in [3.8, 4) is 0 Å². The molecule has 3 heteroatoms. The molecular weight excluding hydrogens is 265 g/mol. The minimum Gasteiger partial charge on any atom is -0.389 e. The third-order valence-electron chi connectivity index (χ3n) is 4.09. The van der Waals surface area contributed by atoms with Crippen LogP contribution in [0.2, 0.25) is 0 Å². The Labute approximate surface area is 124 Å². The molecule has 1 aliphatic heterocycles. The summed E-state index contributed by atoms with van der Waals surface area (Å²) in [5.74, 6) is -0.276. The number of rotatable bonds is 2. The van der Waals surface area contributed by atoms with Crippen LogP contribution in [0.15, 0.2) is 36.4 Å². The normalized spacial score (nSPS) is 15.7. The van der Waals surface area contributed by atoms with Gasteiger partial charge in [-0.3, -0.25) is 0 Å². The Balaban J connectivity index is 2.15. The SMILES string of the molecule is Cc1ccc2c(c1)CCCN2c1c(F)cccc1C(C)O. The molecule has 2 aromatic carbocycles. The highest BCUT2D eigenvalue weighted by Gasteiger charge is 2.24. The molecule has 110 valence electrons. The number of nitrogens with zero attached hydrogens (tertiary/aromatic N) is 1. The van der Waals surface area contributed by atoms with Crippen LogP contribution in [0.1, 0.15) is 36.1 Å². The van der Waals surface area contributed by atoms with Gasteiger partial charge < -0.3 is 10.0 Å². The number of fused-ring (bicyclic) bond motifs is 1. The third kappa shape index (κ3) is 2.54. The van der Waals surface area contributed by atoms with E-state index in [4.69, 9.17) is 0 Å². The molecule has 2 aromatic rings. The smallest absolute Gasteiger partial charge is 0.147 e. The maximum atomic E-state index is 14.4. The Bertz CT molecular complexity index is 666. The van der Waals surface area contributed by atoms with Crippen molar-refractivity contribution < 1.29 is 9.50 Å². The lowest BCUT2D eigenvalue weighted by Gasteiger charge is -2.33. The number of hydrogen-bond acceptors (Lipinski definition) is 2. The van der Waals surface area contributed by atoms with Crippen molar-refractivity contribution in [3.05, 3.63) is 58.9 Å². The van der Waals surface area contributed by atoms with E-state index >= 15 is 0 Å². The molecular formula is C18H20FNO. The number of aliphatic hydroxyl groups excluding tert-OH is 1. The van der Waals surface area contributed by atoms with Crippen molar-refractivity contribution in [1.29, 1.82) is 0 Å². The van der Waals surface area contributed by atoms with Crippen molar-refractivity contribution in [2.45, 2.75) is 32.8 Å². The molecule has 2 nitrogen and oxygen atoms in total. The standard InChI is InChI=1S/C18H20FNO/c1-12-8-9-17-14(11-12)5-4-10-20(17)18-15(13(2)21)6-3-7-16(18)19/h3,6-9,11,13,21H,4-5,10H2,1-2H3. The van der Waals surface area contributed by atoms with Crippen molar-refractivity contribution in [2.24, 2.45) is 0 Å². The highest BCUT2D eigenvalue weighted by molar-refractivity contribution is 5.71. The van der Waals surface area contributed by atoms with Crippen LogP contribution in [-0.2, 0) is 6.42 Å². The summed E-state index contributed by atoms with van der Waals surface area (Å²) in [5.41, 5.74) is 4.68. The summed E-state index contributed by atoms with van der Waals surface area (Å²) < 4.78 is 14.4. The van der Waals surface area contributed by atoms with Crippen LogP contribution in [0.5, 0.6) is 0 Å². The minimum atomic E-state index is -0.688. The van der Waals surface area contributed by atoms with Crippen molar-refractivity contribution in [1.82, 2.24) is 0 Å². The lowest BCUT2D eigenvalue weighted by molar-refractivity contribution is 0.199. The van der Waals surface area contributed by atoms with E-state index in [1.165, 1.54) is 17.2 Å². The molecule has 0 aromatic heterocycles. The number of anilines is 2. The van der Waals surface area contributed by atoms with Gasteiger partial charge in [0, 0.05) is 17.8 Å². The average Bonchev–Trinajstić information content (AvgIpc) is 2.46. The summed E-state index contributed by atoms with van der Waals surface area (Å²) in [5, 5.41) is 9.96. The zero-order valence-electron chi connectivity index (χ0n) is 12.4. The molecule has 0 saturated carbocycles. The van der Waals surface area contributed by atoms with Crippen LogP contribution in [0.3, 0.4) is 0 Å². The van der Waals surface area contributed by atoms with Crippen LogP contribution >= 0.6 is 0 Å². The van der Waals surface area contributed by atoms with Crippen molar-refractivity contribution in [3.63, 3.8) is 0 Å². The number of halogens is 1. The predicted molar refractivity (Wildman–Crippen MR) is 83.5 cm³/mol. The molecule has 1 N–H and O–H groups in total. The zero-order valence-corrected chi connectivity index (χ0v) is 12.4. The van der Waals surface area contributed by atoms with Gasteiger partial charge in [-0.15, -0.1) is 0 Å². The van der Waals surface area contributed by atoms with E-state index in [1.807, 2.05) is 4.90 Å². The lowest BCUT2D eigenvalue weighted by Crippen LogP contribution is -2.26. The summed E-state index contributed by atoms with van der Waals surface area (Å²) in [6.07, 6.45) is 1.32. The molecule has 0 aliphatic carbocycles. The molecule has 0 saturated heterocycles. The van der Waals surface area contributed by atoms with E-state index in [0.29, 0.717) is 11.3 Å². The Hall–Kier alpha value is -1.87. The highest BCUT2D eigenvalue weighted by atomic mass is 19.1. The minimum absolute atomic E-state index is 0.276. The number of aryl methyl sites for hydroxylation is 2. The number of aliphatic hydroxyl groups is 1. The molecule has 21 heavy (non-hydrogen) atoms. The van der Waals surface area contributed by atoms with E-state index in [9.17, 15) is 9.50 Å². The zero-order chi connectivity index (χ0) is 15.0. The second-order valence-electron chi connectivity index (χ2n) is 5.74. The largest absolute Gasteiger partial charge is 0.389 e. The van der Waals surface area contributed by atoms with Gasteiger partial charge in [0.1, 0.15) is 5.82 Å². The summed E-state index contributed by atoms with van der Waals surface area (Å²) >= 11 is 0. The van der Waals surface area contributed by atoms with Crippen LogP contribution in [-0.4, -0.2) is 11.7 Å². The lowest BCUT2D eigenvalue weighted by atomic mass is 9.97.